The average Bonchev–Trinajstić information content (AvgIpc) is 2.67. The van der Waals surface area contributed by atoms with Gasteiger partial charge in [0, 0.05) is 23.6 Å². The molecule has 0 aliphatic heterocycles. The first-order valence-corrected chi connectivity index (χ1v) is 10.1. The molecule has 0 aromatic heterocycles. The molecule has 0 aliphatic rings. The Kier molecular flexibility index (Phi) is 8.87. The summed E-state index contributed by atoms with van der Waals surface area (Å²) >= 11 is 5.88. The van der Waals surface area contributed by atoms with Crippen molar-refractivity contribution in [1.82, 2.24) is 4.90 Å². The second-order valence-corrected chi connectivity index (χ2v) is 7.12. The van der Waals surface area contributed by atoms with E-state index in [0.717, 1.165) is 50.9 Å². The molecule has 2 aromatic rings. The molecule has 0 atom stereocenters. The SMILES string of the molecule is CCN(CC)CCc1ccccc1CCCCC(=O)c1ccc(Cl)cc1. The summed E-state index contributed by atoms with van der Waals surface area (Å²) in [4.78, 5) is 14.7. The Morgan fingerprint density at radius 1 is 0.885 bits per heavy atom. The molecule has 2 aromatic carbocycles. The van der Waals surface area contributed by atoms with Crippen LogP contribution in [-0.4, -0.2) is 30.3 Å². The molecular formula is C23H30ClNO. The molecule has 26 heavy (non-hydrogen) atoms. The monoisotopic (exact) mass is 371 g/mol. The molecule has 0 fully saturated rings. The van der Waals surface area contributed by atoms with Crippen molar-refractivity contribution in [3.8, 4) is 0 Å². The van der Waals surface area contributed by atoms with Crippen molar-refractivity contribution in [3.05, 3.63) is 70.2 Å². The maximum atomic E-state index is 12.2. The van der Waals surface area contributed by atoms with Gasteiger partial charge in [0.05, 0.1) is 0 Å². The van der Waals surface area contributed by atoms with E-state index in [2.05, 4.69) is 43.0 Å². The van der Waals surface area contributed by atoms with Crippen molar-refractivity contribution in [3.63, 3.8) is 0 Å². The van der Waals surface area contributed by atoms with Crippen LogP contribution in [0.15, 0.2) is 48.5 Å². The van der Waals surface area contributed by atoms with Crippen LogP contribution in [0.4, 0.5) is 0 Å². The smallest absolute Gasteiger partial charge is 0.162 e. The number of benzene rings is 2. The van der Waals surface area contributed by atoms with Crippen LogP contribution in [0.1, 0.15) is 54.6 Å². The van der Waals surface area contributed by atoms with Crippen LogP contribution >= 0.6 is 11.6 Å². The predicted molar refractivity (Wildman–Crippen MR) is 111 cm³/mol. The first-order chi connectivity index (χ1) is 12.6. The van der Waals surface area contributed by atoms with Gasteiger partial charge in [-0.25, -0.2) is 0 Å². The first kappa shape index (κ1) is 20.7. The molecule has 0 N–H and O–H groups in total. The summed E-state index contributed by atoms with van der Waals surface area (Å²) in [7, 11) is 0. The van der Waals surface area contributed by atoms with Crippen LogP contribution in [-0.2, 0) is 12.8 Å². The van der Waals surface area contributed by atoms with Gasteiger partial charge in [0.15, 0.2) is 5.78 Å². The Hall–Kier alpha value is -1.64. The molecule has 0 spiro atoms. The average molecular weight is 372 g/mol. The standard InChI is InChI=1S/C23H30ClNO/c1-3-25(4-2)18-17-20-11-6-5-9-19(20)10-7-8-12-23(26)21-13-15-22(24)16-14-21/h5-6,9,11,13-16H,3-4,7-8,10,12,17-18H2,1-2H3. The molecule has 3 heteroatoms. The Balaban J connectivity index is 1.80. The molecule has 0 radical (unpaired) electrons. The maximum absolute atomic E-state index is 12.2. The minimum absolute atomic E-state index is 0.205. The van der Waals surface area contributed by atoms with Gasteiger partial charge in [0.1, 0.15) is 0 Å². The van der Waals surface area contributed by atoms with Crippen LogP contribution in [0.25, 0.3) is 0 Å². The highest BCUT2D eigenvalue weighted by atomic mass is 35.5. The van der Waals surface area contributed by atoms with Gasteiger partial charge in [-0.3, -0.25) is 4.79 Å². The van der Waals surface area contributed by atoms with Gasteiger partial charge in [-0.15, -0.1) is 0 Å². The van der Waals surface area contributed by atoms with Crippen molar-refractivity contribution in [2.24, 2.45) is 0 Å². The van der Waals surface area contributed by atoms with Crippen LogP contribution in [0.2, 0.25) is 5.02 Å². The van der Waals surface area contributed by atoms with Gasteiger partial charge in [-0.1, -0.05) is 49.7 Å². The van der Waals surface area contributed by atoms with Crippen molar-refractivity contribution in [2.45, 2.75) is 46.0 Å². The third-order valence-corrected chi connectivity index (χ3v) is 5.23. The molecule has 2 rings (SSSR count). The highest BCUT2D eigenvalue weighted by Gasteiger charge is 2.07. The van der Waals surface area contributed by atoms with E-state index in [1.165, 1.54) is 11.1 Å². The molecule has 2 nitrogen and oxygen atoms in total. The van der Waals surface area contributed by atoms with Crippen molar-refractivity contribution in [2.75, 3.05) is 19.6 Å². The summed E-state index contributed by atoms with van der Waals surface area (Å²) < 4.78 is 0. The lowest BCUT2D eigenvalue weighted by Crippen LogP contribution is -2.25. The maximum Gasteiger partial charge on any atom is 0.162 e. The minimum atomic E-state index is 0.205. The van der Waals surface area contributed by atoms with Gasteiger partial charge >= 0.3 is 0 Å². The molecule has 0 amide bonds. The number of hydrogen-bond donors (Lipinski definition) is 0. The summed E-state index contributed by atoms with van der Waals surface area (Å²) in [6.45, 7) is 7.75. The predicted octanol–water partition coefficient (Wildman–Crippen LogP) is 5.82. The third kappa shape index (κ3) is 6.59. The highest BCUT2D eigenvalue weighted by Crippen LogP contribution is 2.16. The van der Waals surface area contributed by atoms with E-state index in [1.807, 2.05) is 12.1 Å². The number of rotatable bonds is 11. The third-order valence-electron chi connectivity index (χ3n) is 4.98. The van der Waals surface area contributed by atoms with Crippen molar-refractivity contribution >= 4 is 17.4 Å². The second kappa shape index (κ2) is 11.2. The van der Waals surface area contributed by atoms with E-state index in [4.69, 9.17) is 11.6 Å². The molecule has 0 unspecified atom stereocenters. The summed E-state index contributed by atoms with van der Waals surface area (Å²) in [5, 5.41) is 0.669. The van der Waals surface area contributed by atoms with E-state index in [9.17, 15) is 4.79 Å². The van der Waals surface area contributed by atoms with Gasteiger partial charge in [0.25, 0.3) is 0 Å². The number of aryl methyl sites for hydroxylation is 1. The van der Waals surface area contributed by atoms with Gasteiger partial charge in [-0.05, 0) is 74.2 Å². The van der Waals surface area contributed by atoms with Crippen LogP contribution in [0.3, 0.4) is 0 Å². The fourth-order valence-corrected chi connectivity index (χ4v) is 3.37. The molecule has 0 aliphatic carbocycles. The molecular weight excluding hydrogens is 342 g/mol. The fourth-order valence-electron chi connectivity index (χ4n) is 3.24. The Morgan fingerprint density at radius 2 is 1.50 bits per heavy atom. The molecule has 0 bridgehead atoms. The van der Waals surface area contributed by atoms with E-state index in [-0.39, 0.29) is 5.78 Å². The zero-order valence-electron chi connectivity index (χ0n) is 16.0. The number of halogens is 1. The van der Waals surface area contributed by atoms with Crippen LogP contribution < -0.4 is 0 Å². The van der Waals surface area contributed by atoms with Crippen LogP contribution in [0.5, 0.6) is 0 Å². The molecule has 0 heterocycles. The lowest BCUT2D eigenvalue weighted by atomic mass is 9.98. The lowest BCUT2D eigenvalue weighted by molar-refractivity contribution is 0.0979. The van der Waals surface area contributed by atoms with Crippen molar-refractivity contribution < 1.29 is 4.79 Å². The zero-order valence-corrected chi connectivity index (χ0v) is 16.8. The van der Waals surface area contributed by atoms with E-state index in [0.29, 0.717) is 11.4 Å². The number of carbonyl (C=O) groups is 1. The number of ketones is 1. The number of Topliss-reactive ketones (excluding diaryl/α,β-unsaturated/α-hetero) is 1. The summed E-state index contributed by atoms with van der Waals surface area (Å²) in [5.41, 5.74) is 3.64. The number of unbranched alkanes of at least 4 members (excludes halogenated alkanes) is 1. The summed E-state index contributed by atoms with van der Waals surface area (Å²) in [6.07, 6.45) is 4.71. The molecule has 140 valence electrons. The van der Waals surface area contributed by atoms with E-state index in [1.54, 1.807) is 12.1 Å². The zero-order chi connectivity index (χ0) is 18.8. The number of carbonyl (C=O) groups excluding carboxylic acids is 1. The Morgan fingerprint density at radius 3 is 2.12 bits per heavy atom. The quantitative estimate of drug-likeness (QED) is 0.366. The summed E-state index contributed by atoms with van der Waals surface area (Å²) in [6, 6.07) is 15.9. The number of nitrogens with zero attached hydrogens (tertiary/aromatic N) is 1. The van der Waals surface area contributed by atoms with E-state index >= 15 is 0 Å². The van der Waals surface area contributed by atoms with Gasteiger partial charge in [0.2, 0.25) is 0 Å². The lowest BCUT2D eigenvalue weighted by Gasteiger charge is -2.19. The molecule has 0 saturated carbocycles. The minimum Gasteiger partial charge on any atom is -0.304 e. The normalized spacial score (nSPS) is 11.1. The second-order valence-electron chi connectivity index (χ2n) is 6.68. The summed E-state index contributed by atoms with van der Waals surface area (Å²) in [5.74, 6) is 0.205. The van der Waals surface area contributed by atoms with Crippen molar-refractivity contribution in [1.29, 1.82) is 0 Å². The molecule has 0 saturated heterocycles. The van der Waals surface area contributed by atoms with Gasteiger partial charge in [-0.2, -0.15) is 0 Å². The topological polar surface area (TPSA) is 20.3 Å². The number of likely N-dealkylation sites (N-methyl/N-ethyl adjacent to an activating group) is 1. The Bertz CT molecular complexity index is 677. The highest BCUT2D eigenvalue weighted by molar-refractivity contribution is 6.30. The van der Waals surface area contributed by atoms with Crippen LogP contribution in [0, 0.1) is 0 Å². The largest absolute Gasteiger partial charge is 0.304 e. The Labute approximate surface area is 163 Å². The van der Waals surface area contributed by atoms with Gasteiger partial charge < -0.3 is 4.90 Å². The first-order valence-electron chi connectivity index (χ1n) is 9.72. The number of hydrogen-bond acceptors (Lipinski definition) is 2. The van der Waals surface area contributed by atoms with E-state index < -0.39 is 0 Å². The fraction of sp³-hybridized carbons (Fsp3) is 0.435.